The van der Waals surface area contributed by atoms with Gasteiger partial charge in [0.05, 0.1) is 11.7 Å². The zero-order valence-electron chi connectivity index (χ0n) is 16.8. The largest absolute Gasteiger partial charge is 0.444 e. The Morgan fingerprint density at radius 3 is 2.67 bits per heavy atom. The summed E-state index contributed by atoms with van der Waals surface area (Å²) in [5.41, 5.74) is 5.25. The van der Waals surface area contributed by atoms with E-state index >= 15 is 0 Å². The molecule has 0 bridgehead atoms. The Morgan fingerprint density at radius 1 is 1.13 bits per heavy atom. The van der Waals surface area contributed by atoms with Gasteiger partial charge in [-0.2, -0.15) is 0 Å². The highest BCUT2D eigenvalue weighted by atomic mass is 79.9. The molecular weight excluding hydrogens is 462 g/mol. The summed E-state index contributed by atoms with van der Waals surface area (Å²) in [6, 6.07) is 21.6. The van der Waals surface area contributed by atoms with E-state index in [9.17, 15) is 4.79 Å². The zero-order chi connectivity index (χ0) is 21.1. The molecule has 1 aliphatic rings. The lowest BCUT2D eigenvalue weighted by Gasteiger charge is -2.38. The second kappa shape index (κ2) is 9.23. The molecule has 1 heterocycles. The van der Waals surface area contributed by atoms with Gasteiger partial charge in [0, 0.05) is 9.50 Å². The number of anilines is 1. The van der Waals surface area contributed by atoms with Crippen LogP contribution >= 0.6 is 27.5 Å². The molecule has 5 heteroatoms. The zero-order valence-corrected chi connectivity index (χ0v) is 19.1. The maximum absolute atomic E-state index is 13.4. The van der Waals surface area contributed by atoms with E-state index in [4.69, 9.17) is 16.3 Å². The molecule has 0 fully saturated rings. The molecule has 0 saturated carbocycles. The monoisotopic (exact) mass is 483 g/mol. The van der Waals surface area contributed by atoms with Gasteiger partial charge >= 0.3 is 6.09 Å². The van der Waals surface area contributed by atoms with Crippen molar-refractivity contribution in [1.29, 1.82) is 0 Å². The third-order valence-corrected chi connectivity index (χ3v) is 6.18. The summed E-state index contributed by atoms with van der Waals surface area (Å²) in [4.78, 5) is 15.2. The van der Waals surface area contributed by atoms with Crippen LogP contribution in [0.2, 0.25) is 5.02 Å². The van der Waals surface area contributed by atoms with Crippen molar-refractivity contribution in [2.24, 2.45) is 0 Å². The molecule has 0 aromatic heterocycles. The number of hydrogen-bond donors (Lipinski definition) is 0. The van der Waals surface area contributed by atoms with Crippen molar-refractivity contribution in [3.63, 3.8) is 0 Å². The van der Waals surface area contributed by atoms with Crippen LogP contribution in [0.25, 0.3) is 0 Å². The average Bonchev–Trinajstić information content (AvgIpc) is 2.76. The first-order valence-corrected chi connectivity index (χ1v) is 11.3. The molecule has 154 valence electrons. The number of amides is 1. The molecule has 1 amide bonds. The van der Waals surface area contributed by atoms with Crippen molar-refractivity contribution in [3.05, 3.63) is 98.5 Å². The Balaban J connectivity index is 1.73. The molecule has 0 N–H and O–H groups in total. The molecule has 0 spiro atoms. The summed E-state index contributed by atoms with van der Waals surface area (Å²) in [6.07, 6.45) is 2.20. The van der Waals surface area contributed by atoms with Gasteiger partial charge in [-0.15, -0.1) is 0 Å². The maximum Gasteiger partial charge on any atom is 0.415 e. The van der Waals surface area contributed by atoms with Gasteiger partial charge in [0.25, 0.3) is 0 Å². The van der Waals surface area contributed by atoms with Crippen molar-refractivity contribution in [3.8, 4) is 0 Å². The van der Waals surface area contributed by atoms with Gasteiger partial charge in [-0.1, -0.05) is 76.9 Å². The summed E-state index contributed by atoms with van der Waals surface area (Å²) >= 11 is 9.89. The lowest BCUT2D eigenvalue weighted by molar-refractivity contribution is 0.143. The van der Waals surface area contributed by atoms with E-state index in [0.29, 0.717) is 5.02 Å². The third kappa shape index (κ3) is 4.40. The van der Waals surface area contributed by atoms with Crippen molar-refractivity contribution < 1.29 is 9.53 Å². The molecule has 0 saturated heterocycles. The molecule has 3 aromatic carbocycles. The Hall–Kier alpha value is -2.30. The lowest BCUT2D eigenvalue weighted by Crippen LogP contribution is -2.39. The fraction of sp³-hybridized carbons (Fsp3) is 0.240. The standard InChI is InChI=1S/C25H23BrClNO2/c1-2-18-13-21(26)14-20-11-12-23(19-9-6-10-22(27)15-19)28(24(18)20)25(29)30-16-17-7-4-3-5-8-17/h3-10,13-15,23H,2,11-12,16H2,1H3. The van der Waals surface area contributed by atoms with Crippen LogP contribution in [0.1, 0.15) is 41.6 Å². The Bertz CT molecular complexity index is 1040. The maximum atomic E-state index is 13.4. The van der Waals surface area contributed by atoms with Gasteiger partial charge in [-0.25, -0.2) is 4.79 Å². The van der Waals surface area contributed by atoms with E-state index in [1.165, 1.54) is 0 Å². The SMILES string of the molecule is CCc1cc(Br)cc2c1N(C(=O)OCc1ccccc1)C(c1cccc(Cl)c1)CC2. The predicted octanol–water partition coefficient (Wildman–Crippen LogP) is 7.50. The summed E-state index contributed by atoms with van der Waals surface area (Å²) in [5.74, 6) is 0. The smallest absolute Gasteiger partial charge is 0.415 e. The summed E-state index contributed by atoms with van der Waals surface area (Å²) < 4.78 is 6.82. The number of rotatable bonds is 4. The third-order valence-electron chi connectivity index (χ3n) is 5.49. The summed E-state index contributed by atoms with van der Waals surface area (Å²) in [6.45, 7) is 2.35. The number of carbonyl (C=O) groups is 1. The molecular formula is C25H23BrClNO2. The first-order chi connectivity index (χ1) is 14.6. The van der Waals surface area contributed by atoms with Crippen molar-refractivity contribution in [1.82, 2.24) is 0 Å². The predicted molar refractivity (Wildman–Crippen MR) is 125 cm³/mol. The first-order valence-electron chi connectivity index (χ1n) is 10.1. The number of ether oxygens (including phenoxy) is 1. The first kappa shape index (κ1) is 21.0. The molecule has 1 aliphatic heterocycles. The molecule has 4 rings (SSSR count). The molecule has 30 heavy (non-hydrogen) atoms. The highest BCUT2D eigenvalue weighted by Crippen LogP contribution is 2.43. The van der Waals surface area contributed by atoms with Gasteiger partial charge in [-0.05, 0) is 65.8 Å². The second-order valence-corrected chi connectivity index (χ2v) is 8.80. The van der Waals surface area contributed by atoms with Gasteiger partial charge in [0.2, 0.25) is 0 Å². The Labute approximate surface area is 190 Å². The van der Waals surface area contributed by atoms with Gasteiger partial charge < -0.3 is 4.74 Å². The van der Waals surface area contributed by atoms with E-state index in [1.54, 1.807) is 0 Å². The number of benzene rings is 3. The minimum absolute atomic E-state index is 0.119. The average molecular weight is 485 g/mol. The minimum Gasteiger partial charge on any atom is -0.444 e. The Morgan fingerprint density at radius 2 is 1.93 bits per heavy atom. The molecule has 3 aromatic rings. The number of aryl methyl sites for hydroxylation is 2. The quantitative estimate of drug-likeness (QED) is 0.384. The Kier molecular flexibility index (Phi) is 6.45. The highest BCUT2D eigenvalue weighted by Gasteiger charge is 2.35. The van der Waals surface area contributed by atoms with Gasteiger partial charge in [0.1, 0.15) is 6.61 Å². The van der Waals surface area contributed by atoms with Crippen LogP contribution < -0.4 is 4.90 Å². The van der Waals surface area contributed by atoms with E-state index < -0.39 is 0 Å². The van der Waals surface area contributed by atoms with Gasteiger partial charge in [0.15, 0.2) is 0 Å². The van der Waals surface area contributed by atoms with Crippen LogP contribution in [0.5, 0.6) is 0 Å². The fourth-order valence-electron chi connectivity index (χ4n) is 4.10. The molecule has 1 unspecified atom stereocenters. The number of nitrogens with zero attached hydrogens (tertiary/aromatic N) is 1. The lowest BCUT2D eigenvalue weighted by atomic mass is 9.89. The van der Waals surface area contributed by atoms with E-state index in [0.717, 1.165) is 51.7 Å². The molecule has 1 atom stereocenters. The van der Waals surface area contributed by atoms with Crippen molar-refractivity contribution >= 4 is 39.3 Å². The molecule has 3 nitrogen and oxygen atoms in total. The van der Waals surface area contributed by atoms with Crippen LogP contribution in [0.4, 0.5) is 10.5 Å². The van der Waals surface area contributed by atoms with Crippen LogP contribution in [0.3, 0.4) is 0 Å². The van der Waals surface area contributed by atoms with Gasteiger partial charge in [-0.3, -0.25) is 4.90 Å². The molecule has 0 aliphatic carbocycles. The molecule has 0 radical (unpaired) electrons. The minimum atomic E-state index is -0.332. The van der Waals surface area contributed by atoms with Crippen LogP contribution in [0.15, 0.2) is 71.2 Å². The summed E-state index contributed by atoms with van der Waals surface area (Å²) in [7, 11) is 0. The highest BCUT2D eigenvalue weighted by molar-refractivity contribution is 9.10. The number of hydrogen-bond acceptors (Lipinski definition) is 2. The van der Waals surface area contributed by atoms with Crippen molar-refractivity contribution in [2.45, 2.75) is 38.8 Å². The van der Waals surface area contributed by atoms with E-state index in [-0.39, 0.29) is 18.7 Å². The van der Waals surface area contributed by atoms with Crippen LogP contribution in [-0.4, -0.2) is 6.09 Å². The van der Waals surface area contributed by atoms with E-state index in [2.05, 4.69) is 35.0 Å². The second-order valence-electron chi connectivity index (χ2n) is 7.45. The summed E-state index contributed by atoms with van der Waals surface area (Å²) in [5, 5.41) is 0.669. The van der Waals surface area contributed by atoms with E-state index in [1.807, 2.05) is 59.5 Å². The van der Waals surface area contributed by atoms with Crippen LogP contribution in [-0.2, 0) is 24.2 Å². The normalized spacial score (nSPS) is 15.6. The number of carbonyl (C=O) groups excluding carboxylic acids is 1. The topological polar surface area (TPSA) is 29.5 Å². The van der Waals surface area contributed by atoms with Crippen molar-refractivity contribution in [2.75, 3.05) is 4.90 Å². The number of fused-ring (bicyclic) bond motifs is 1. The fourth-order valence-corrected chi connectivity index (χ4v) is 4.85. The number of halogens is 2. The van der Waals surface area contributed by atoms with Crippen LogP contribution in [0, 0.1) is 0 Å².